The number of nitrogen functional groups attached to an aromatic ring is 1. The molecule has 1 saturated carbocycles. The van der Waals surface area contributed by atoms with Gasteiger partial charge in [0.1, 0.15) is 0 Å². The second-order valence-electron chi connectivity index (χ2n) is 5.80. The van der Waals surface area contributed by atoms with E-state index in [0.717, 1.165) is 12.6 Å². The SMILES string of the molecule is Nc1cccc(C(=O)NCC2CCN(C3CC3)C2)c1Cl. The molecule has 2 fully saturated rings. The molecule has 0 spiro atoms. The monoisotopic (exact) mass is 293 g/mol. The molecule has 5 heteroatoms. The average molecular weight is 294 g/mol. The number of nitrogens with two attached hydrogens (primary N) is 1. The Labute approximate surface area is 124 Å². The molecule has 1 atom stereocenters. The van der Waals surface area contributed by atoms with Crippen LogP contribution in [0.5, 0.6) is 0 Å². The van der Waals surface area contributed by atoms with Gasteiger partial charge in [0.2, 0.25) is 0 Å². The molecular formula is C15H20ClN3O. The van der Waals surface area contributed by atoms with Gasteiger partial charge in [0, 0.05) is 19.1 Å². The van der Waals surface area contributed by atoms with E-state index in [1.807, 2.05) is 0 Å². The minimum absolute atomic E-state index is 0.132. The first kappa shape index (κ1) is 13.7. The first-order valence-corrected chi connectivity index (χ1v) is 7.59. The molecule has 1 aliphatic heterocycles. The van der Waals surface area contributed by atoms with E-state index in [0.29, 0.717) is 28.7 Å². The lowest BCUT2D eigenvalue weighted by Crippen LogP contribution is -2.31. The number of hydrogen-bond acceptors (Lipinski definition) is 3. The molecule has 1 aliphatic carbocycles. The number of hydrogen-bond donors (Lipinski definition) is 2. The molecule has 0 radical (unpaired) electrons. The van der Waals surface area contributed by atoms with Crippen LogP contribution in [-0.4, -0.2) is 36.5 Å². The van der Waals surface area contributed by atoms with Crippen LogP contribution in [0.25, 0.3) is 0 Å². The van der Waals surface area contributed by atoms with Crippen LogP contribution in [0, 0.1) is 5.92 Å². The summed E-state index contributed by atoms with van der Waals surface area (Å²) in [5.74, 6) is 0.423. The number of halogens is 1. The van der Waals surface area contributed by atoms with E-state index in [2.05, 4.69) is 10.2 Å². The molecule has 0 aromatic heterocycles. The molecule has 3 rings (SSSR count). The second kappa shape index (κ2) is 5.62. The number of nitrogens with one attached hydrogen (secondary N) is 1. The van der Waals surface area contributed by atoms with Crippen LogP contribution >= 0.6 is 11.6 Å². The Morgan fingerprint density at radius 1 is 1.40 bits per heavy atom. The molecule has 20 heavy (non-hydrogen) atoms. The molecule has 0 bridgehead atoms. The zero-order valence-electron chi connectivity index (χ0n) is 11.4. The van der Waals surface area contributed by atoms with Crippen LogP contribution in [0.2, 0.25) is 5.02 Å². The number of benzene rings is 1. The first-order chi connectivity index (χ1) is 9.65. The zero-order valence-corrected chi connectivity index (χ0v) is 12.2. The van der Waals surface area contributed by atoms with Gasteiger partial charge < -0.3 is 16.0 Å². The Hall–Kier alpha value is -1.26. The Balaban J connectivity index is 1.53. The van der Waals surface area contributed by atoms with Gasteiger partial charge in [-0.1, -0.05) is 17.7 Å². The van der Waals surface area contributed by atoms with Gasteiger partial charge in [0.05, 0.1) is 16.3 Å². The predicted molar refractivity (Wildman–Crippen MR) is 80.9 cm³/mol. The number of anilines is 1. The van der Waals surface area contributed by atoms with E-state index in [1.165, 1.54) is 25.8 Å². The highest BCUT2D eigenvalue weighted by atomic mass is 35.5. The highest BCUT2D eigenvalue weighted by Gasteiger charge is 2.34. The summed E-state index contributed by atoms with van der Waals surface area (Å²) < 4.78 is 0. The van der Waals surface area contributed by atoms with Crippen molar-refractivity contribution in [2.24, 2.45) is 5.92 Å². The van der Waals surface area contributed by atoms with Gasteiger partial charge >= 0.3 is 0 Å². The highest BCUT2D eigenvalue weighted by molar-refractivity contribution is 6.36. The molecule has 1 aromatic carbocycles. The van der Waals surface area contributed by atoms with E-state index in [4.69, 9.17) is 17.3 Å². The Morgan fingerprint density at radius 3 is 2.95 bits per heavy atom. The van der Waals surface area contributed by atoms with Gasteiger partial charge in [-0.25, -0.2) is 0 Å². The van der Waals surface area contributed by atoms with E-state index in [-0.39, 0.29) is 5.91 Å². The number of rotatable bonds is 4. The number of nitrogens with zero attached hydrogens (tertiary/aromatic N) is 1. The average Bonchev–Trinajstić information content (AvgIpc) is 3.18. The lowest BCUT2D eigenvalue weighted by atomic mass is 10.1. The fourth-order valence-corrected chi connectivity index (χ4v) is 3.07. The summed E-state index contributed by atoms with van der Waals surface area (Å²) >= 11 is 6.06. The van der Waals surface area contributed by atoms with Gasteiger partial charge in [0.25, 0.3) is 5.91 Å². The van der Waals surface area contributed by atoms with E-state index >= 15 is 0 Å². The van der Waals surface area contributed by atoms with Gasteiger partial charge in [-0.15, -0.1) is 0 Å². The fraction of sp³-hybridized carbons (Fsp3) is 0.533. The summed E-state index contributed by atoms with van der Waals surface area (Å²) in [5.41, 5.74) is 6.62. The largest absolute Gasteiger partial charge is 0.398 e. The van der Waals surface area contributed by atoms with Gasteiger partial charge in [-0.05, 0) is 43.9 Å². The van der Waals surface area contributed by atoms with Crippen molar-refractivity contribution in [2.75, 3.05) is 25.4 Å². The minimum Gasteiger partial charge on any atom is -0.398 e. The van der Waals surface area contributed by atoms with E-state index < -0.39 is 0 Å². The second-order valence-corrected chi connectivity index (χ2v) is 6.18. The molecule has 1 aromatic rings. The molecule has 1 heterocycles. The van der Waals surface area contributed by atoms with Crippen molar-refractivity contribution in [1.82, 2.24) is 10.2 Å². The van der Waals surface area contributed by atoms with Crippen LogP contribution in [0.1, 0.15) is 29.6 Å². The molecular weight excluding hydrogens is 274 g/mol. The van der Waals surface area contributed by atoms with Crippen LogP contribution in [-0.2, 0) is 0 Å². The van der Waals surface area contributed by atoms with Gasteiger partial charge in [-0.3, -0.25) is 4.79 Å². The normalized spacial score (nSPS) is 22.9. The third kappa shape index (κ3) is 2.91. The minimum atomic E-state index is -0.132. The lowest BCUT2D eigenvalue weighted by molar-refractivity contribution is 0.0947. The molecule has 4 nitrogen and oxygen atoms in total. The van der Waals surface area contributed by atoms with Crippen LogP contribution in [0.4, 0.5) is 5.69 Å². The summed E-state index contributed by atoms with van der Waals surface area (Å²) in [4.78, 5) is 14.7. The van der Waals surface area contributed by atoms with Crippen molar-refractivity contribution in [3.8, 4) is 0 Å². The Morgan fingerprint density at radius 2 is 2.20 bits per heavy atom. The Kier molecular flexibility index (Phi) is 3.85. The Bertz CT molecular complexity index is 516. The molecule has 1 amide bonds. The molecule has 1 unspecified atom stereocenters. The van der Waals surface area contributed by atoms with Crippen molar-refractivity contribution < 1.29 is 4.79 Å². The highest BCUT2D eigenvalue weighted by Crippen LogP contribution is 2.31. The smallest absolute Gasteiger partial charge is 0.252 e. The van der Waals surface area contributed by atoms with Crippen molar-refractivity contribution in [3.63, 3.8) is 0 Å². The number of carbonyl (C=O) groups is 1. The van der Waals surface area contributed by atoms with Crippen molar-refractivity contribution in [3.05, 3.63) is 28.8 Å². The van der Waals surface area contributed by atoms with Crippen LogP contribution < -0.4 is 11.1 Å². The van der Waals surface area contributed by atoms with Crippen molar-refractivity contribution in [1.29, 1.82) is 0 Å². The van der Waals surface area contributed by atoms with Gasteiger partial charge in [-0.2, -0.15) is 0 Å². The third-order valence-electron chi connectivity index (χ3n) is 4.21. The summed E-state index contributed by atoms with van der Waals surface area (Å²) in [7, 11) is 0. The molecule has 2 aliphatic rings. The maximum absolute atomic E-state index is 12.1. The summed E-state index contributed by atoms with van der Waals surface area (Å²) in [6, 6.07) is 5.97. The first-order valence-electron chi connectivity index (χ1n) is 7.21. The van der Waals surface area contributed by atoms with Gasteiger partial charge in [0.15, 0.2) is 0 Å². The maximum Gasteiger partial charge on any atom is 0.252 e. The fourth-order valence-electron chi connectivity index (χ4n) is 2.86. The molecule has 1 saturated heterocycles. The standard InChI is InChI=1S/C15H20ClN3O/c16-14-12(2-1-3-13(14)17)15(20)18-8-10-6-7-19(9-10)11-4-5-11/h1-3,10-11H,4-9,17H2,(H,18,20). The van der Waals surface area contributed by atoms with Crippen molar-refractivity contribution in [2.45, 2.75) is 25.3 Å². The predicted octanol–water partition coefficient (Wildman–Crippen LogP) is 2.14. The summed E-state index contributed by atoms with van der Waals surface area (Å²) in [6.45, 7) is 2.99. The quantitative estimate of drug-likeness (QED) is 0.836. The maximum atomic E-state index is 12.1. The number of likely N-dealkylation sites (tertiary alicyclic amines) is 1. The van der Waals surface area contributed by atoms with Crippen molar-refractivity contribution >= 4 is 23.2 Å². The lowest BCUT2D eigenvalue weighted by Gasteiger charge is -2.15. The topological polar surface area (TPSA) is 58.4 Å². The summed E-state index contributed by atoms with van der Waals surface area (Å²) in [6.07, 6.45) is 3.86. The molecule has 108 valence electrons. The summed E-state index contributed by atoms with van der Waals surface area (Å²) in [5, 5.41) is 3.33. The van der Waals surface area contributed by atoms with Crippen LogP contribution in [0.15, 0.2) is 18.2 Å². The molecule has 3 N–H and O–H groups in total. The van der Waals surface area contributed by atoms with Crippen LogP contribution in [0.3, 0.4) is 0 Å². The third-order valence-corrected chi connectivity index (χ3v) is 4.63. The van der Waals surface area contributed by atoms with E-state index in [9.17, 15) is 4.79 Å². The zero-order chi connectivity index (χ0) is 14.1. The number of carbonyl (C=O) groups excluding carboxylic acids is 1. The van der Waals surface area contributed by atoms with E-state index in [1.54, 1.807) is 18.2 Å². The number of amides is 1.